The van der Waals surface area contributed by atoms with Crippen LogP contribution in [0.15, 0.2) is 103 Å². The summed E-state index contributed by atoms with van der Waals surface area (Å²) in [6.45, 7) is 14.1. The molecule has 0 unspecified atom stereocenters. The number of nitrogens with one attached hydrogen (secondary N) is 1. The maximum absolute atomic E-state index is 14.3. The van der Waals surface area contributed by atoms with E-state index < -0.39 is 85.2 Å². The van der Waals surface area contributed by atoms with Crippen LogP contribution in [-0.4, -0.2) is 104 Å². The van der Waals surface area contributed by atoms with Gasteiger partial charge in [-0.05, 0) is 90.1 Å². The second-order valence-corrected chi connectivity index (χ2v) is 25.5. The van der Waals surface area contributed by atoms with Gasteiger partial charge < -0.3 is 47.9 Å². The highest BCUT2D eigenvalue weighted by molar-refractivity contribution is 5.89. The van der Waals surface area contributed by atoms with Gasteiger partial charge in [-0.2, -0.15) is 0 Å². The molecule has 4 rings (SSSR count). The highest BCUT2D eigenvalue weighted by atomic mass is 16.7. The Kier molecular flexibility index (Phi) is 38.1. The van der Waals surface area contributed by atoms with Gasteiger partial charge in [-0.25, -0.2) is 14.4 Å². The number of hydrogen-bond acceptors (Lipinski definition) is 13. The van der Waals surface area contributed by atoms with Crippen molar-refractivity contribution >= 4 is 23.8 Å². The van der Waals surface area contributed by atoms with E-state index >= 15 is 0 Å². The molecule has 1 aliphatic rings. The van der Waals surface area contributed by atoms with Gasteiger partial charge >= 0.3 is 17.9 Å². The van der Waals surface area contributed by atoms with Crippen LogP contribution in [0.2, 0.25) is 0 Å². The average molecular weight is 1210 g/mol. The summed E-state index contributed by atoms with van der Waals surface area (Å²) in [5.41, 5.74) is 0.542. The third-order valence-corrected chi connectivity index (χ3v) is 15.1. The van der Waals surface area contributed by atoms with Crippen molar-refractivity contribution < 1.29 is 61.8 Å². The first-order chi connectivity index (χ1) is 42.0. The van der Waals surface area contributed by atoms with Gasteiger partial charge in [0, 0.05) is 6.42 Å². The lowest BCUT2D eigenvalue weighted by atomic mass is 9.97. The van der Waals surface area contributed by atoms with Crippen LogP contribution in [0.5, 0.6) is 0 Å². The zero-order valence-electron chi connectivity index (χ0n) is 54.8. The van der Waals surface area contributed by atoms with Crippen molar-refractivity contribution in [2.45, 2.75) is 290 Å². The third-order valence-electron chi connectivity index (χ3n) is 15.1. The van der Waals surface area contributed by atoms with Crippen molar-refractivity contribution in [3.05, 3.63) is 120 Å². The normalized spacial score (nSPS) is 17.9. The molecule has 14 heteroatoms. The molecular formula is C73H113NO13. The molecule has 87 heavy (non-hydrogen) atoms. The van der Waals surface area contributed by atoms with Gasteiger partial charge in [0.15, 0.2) is 6.29 Å². The van der Waals surface area contributed by atoms with Crippen molar-refractivity contribution in [3.8, 4) is 0 Å². The summed E-state index contributed by atoms with van der Waals surface area (Å²) in [6.07, 6.45) is 27.6. The van der Waals surface area contributed by atoms with E-state index in [-0.39, 0.29) is 38.8 Å². The fourth-order valence-corrected chi connectivity index (χ4v) is 10.6. The van der Waals surface area contributed by atoms with Crippen LogP contribution < -0.4 is 5.32 Å². The van der Waals surface area contributed by atoms with Crippen molar-refractivity contribution in [2.24, 2.45) is 0 Å². The Morgan fingerprint density at radius 1 is 0.517 bits per heavy atom. The summed E-state index contributed by atoms with van der Waals surface area (Å²) < 4.78 is 57.8. The molecule has 7 atom stereocenters. The number of carbonyl (C=O) groups is 4. The minimum atomic E-state index is -1.24. The maximum Gasteiger partial charge on any atom is 0.338 e. The number of benzene rings is 3. The smallest absolute Gasteiger partial charge is 0.338 e. The van der Waals surface area contributed by atoms with Crippen LogP contribution in [0.3, 0.4) is 0 Å². The summed E-state index contributed by atoms with van der Waals surface area (Å²) in [5.74, 6) is -1.93. The van der Waals surface area contributed by atoms with E-state index in [1.54, 1.807) is 65.8 Å². The molecule has 0 bridgehead atoms. The van der Waals surface area contributed by atoms with Crippen molar-refractivity contribution in [1.82, 2.24) is 5.32 Å². The molecule has 3 aromatic rings. The van der Waals surface area contributed by atoms with Gasteiger partial charge in [0.05, 0.1) is 38.0 Å². The fraction of sp³-hybridized carbons (Fsp3) is 0.671. The van der Waals surface area contributed by atoms with Crippen LogP contribution in [0, 0.1) is 0 Å². The Morgan fingerprint density at radius 3 is 1.46 bits per heavy atom. The van der Waals surface area contributed by atoms with E-state index in [0.717, 1.165) is 56.1 Å². The minimum absolute atomic E-state index is 0.108. The van der Waals surface area contributed by atoms with Gasteiger partial charge in [0.1, 0.15) is 54.9 Å². The topological polar surface area (TPSA) is 163 Å². The maximum atomic E-state index is 14.3. The number of rotatable bonds is 47. The second-order valence-electron chi connectivity index (χ2n) is 25.5. The lowest BCUT2D eigenvalue weighted by Crippen LogP contribution is -2.62. The van der Waals surface area contributed by atoms with Gasteiger partial charge in [-0.1, -0.05) is 240 Å². The van der Waals surface area contributed by atoms with Crippen LogP contribution >= 0.6 is 0 Å². The molecule has 0 saturated carbocycles. The van der Waals surface area contributed by atoms with Crippen LogP contribution in [0.1, 0.15) is 244 Å². The molecule has 0 aromatic heterocycles. The van der Waals surface area contributed by atoms with Crippen molar-refractivity contribution in [1.29, 1.82) is 0 Å². The molecule has 1 amide bonds. The highest BCUT2D eigenvalue weighted by Crippen LogP contribution is 2.32. The monoisotopic (exact) mass is 1210 g/mol. The number of allylic oxidation sites excluding steroid dienone is 1. The zero-order valence-corrected chi connectivity index (χ0v) is 54.8. The molecule has 1 N–H and O–H groups in total. The third kappa shape index (κ3) is 34.6. The molecule has 488 valence electrons. The Bertz CT molecular complexity index is 2280. The molecule has 1 saturated heterocycles. The fourth-order valence-electron chi connectivity index (χ4n) is 10.6. The SMILES string of the molecule is CCCCCCCCCCCCC/C=C/[C@@H](OC(=O)c1ccccc1)[C@H](CO[C@H]1O[C@H](COCC(=O)OC(C)(C)C)[C@H](OCC(=O)OC(C)(C)C)[C@H](OCc2ccccc2)[C@H]1OCc1ccccc1)NC(=O)CCCCCCCCCCCCCCC. The number of esters is 3. The Balaban J connectivity index is 1.68. The van der Waals surface area contributed by atoms with E-state index in [0.29, 0.717) is 12.0 Å². The molecule has 1 heterocycles. The Morgan fingerprint density at radius 2 is 0.966 bits per heavy atom. The number of carbonyl (C=O) groups excluding carboxylic acids is 4. The van der Waals surface area contributed by atoms with Gasteiger partial charge in [-0.15, -0.1) is 0 Å². The van der Waals surface area contributed by atoms with E-state index in [4.69, 9.17) is 42.6 Å². The summed E-state index contributed by atoms with van der Waals surface area (Å²) in [6, 6.07) is 27.2. The van der Waals surface area contributed by atoms with E-state index in [2.05, 4.69) is 19.2 Å². The molecule has 14 nitrogen and oxygen atoms in total. The van der Waals surface area contributed by atoms with Crippen molar-refractivity contribution in [2.75, 3.05) is 26.4 Å². The number of unbranched alkanes of at least 4 members (excludes halogenated alkanes) is 23. The molecular weight excluding hydrogens is 1100 g/mol. The largest absolute Gasteiger partial charge is 0.458 e. The number of hydrogen-bond donors (Lipinski definition) is 1. The highest BCUT2D eigenvalue weighted by Gasteiger charge is 2.50. The lowest BCUT2D eigenvalue weighted by Gasteiger charge is -2.46. The number of ether oxygens (including phenoxy) is 9. The first-order valence-corrected chi connectivity index (χ1v) is 33.5. The molecule has 1 aliphatic heterocycles. The molecule has 0 radical (unpaired) electrons. The van der Waals surface area contributed by atoms with Crippen molar-refractivity contribution in [3.63, 3.8) is 0 Å². The minimum Gasteiger partial charge on any atom is -0.458 e. The van der Waals surface area contributed by atoms with Crippen LogP contribution in [0.4, 0.5) is 0 Å². The van der Waals surface area contributed by atoms with Crippen LogP contribution in [-0.2, 0) is 70.2 Å². The quantitative estimate of drug-likeness (QED) is 0.0246. The second kappa shape index (κ2) is 44.5. The molecule has 0 spiro atoms. The van der Waals surface area contributed by atoms with Gasteiger partial charge in [-0.3, -0.25) is 4.79 Å². The van der Waals surface area contributed by atoms with E-state index in [1.165, 1.54) is 109 Å². The number of amides is 1. The first kappa shape index (κ1) is 74.5. The van der Waals surface area contributed by atoms with Crippen LogP contribution in [0.25, 0.3) is 0 Å². The van der Waals surface area contributed by atoms with Gasteiger partial charge in [0.25, 0.3) is 0 Å². The predicted octanol–water partition coefficient (Wildman–Crippen LogP) is 16.4. The molecule has 1 fully saturated rings. The molecule has 0 aliphatic carbocycles. The zero-order chi connectivity index (χ0) is 62.8. The average Bonchev–Trinajstić information content (AvgIpc) is 1.62. The summed E-state index contributed by atoms with van der Waals surface area (Å²) in [7, 11) is 0. The van der Waals surface area contributed by atoms with E-state index in [9.17, 15) is 19.2 Å². The summed E-state index contributed by atoms with van der Waals surface area (Å²) in [5, 5.41) is 3.25. The van der Waals surface area contributed by atoms with E-state index in [1.807, 2.05) is 78.9 Å². The standard InChI is InChI=1S/C73H113NO13/c1-9-11-13-15-17-19-21-23-25-27-29-31-42-50-62(84-70(78)60-48-40-35-41-49-60)61(74-64(75)51-43-32-30-28-26-24-22-20-18-16-14-12-10-2)54-83-71-69(81-53-59-46-38-34-39-47-59)68(80-52-58-44-36-33-37-45-58)67(82-57-66(77)87-73(6,7)8)63(85-71)55-79-56-65(76)86-72(3,4)5/h33-42,44-50,61-63,67-69,71H,9-32,43,51-57H2,1-8H3,(H,74,75)/b50-42+/t61-,62+,63+,67-,68-,69+,71-/m0/s1. The van der Waals surface area contributed by atoms with Gasteiger partial charge in [0.2, 0.25) is 5.91 Å². The Hall–Kier alpha value is -4.96. The molecule has 3 aromatic carbocycles. The lowest BCUT2D eigenvalue weighted by molar-refractivity contribution is -0.327. The Labute approximate surface area is 524 Å². The predicted molar refractivity (Wildman–Crippen MR) is 345 cm³/mol. The summed E-state index contributed by atoms with van der Waals surface area (Å²) in [4.78, 5) is 54.9. The summed E-state index contributed by atoms with van der Waals surface area (Å²) >= 11 is 0. The first-order valence-electron chi connectivity index (χ1n) is 33.5.